The first kappa shape index (κ1) is 12.8. The van der Waals surface area contributed by atoms with Gasteiger partial charge in [-0.05, 0) is 27.9 Å². The first-order chi connectivity index (χ1) is 8.16. The van der Waals surface area contributed by atoms with E-state index in [1.54, 1.807) is 0 Å². The number of aromatic nitrogens is 1. The molecule has 2 heterocycles. The van der Waals surface area contributed by atoms with Crippen molar-refractivity contribution in [1.29, 1.82) is 0 Å². The lowest BCUT2D eigenvalue weighted by molar-refractivity contribution is 0.231. The molecule has 1 aliphatic rings. The van der Waals surface area contributed by atoms with Crippen molar-refractivity contribution in [2.75, 3.05) is 37.6 Å². The molecule has 0 amide bonds. The monoisotopic (exact) mass is 297 g/mol. The highest BCUT2D eigenvalue weighted by molar-refractivity contribution is 9.10. The standard InChI is InChI=1S/C13H20BrN3/c1-11(2)10-16-5-7-17(8-6-16)13-3-4-15-9-12(13)14/h3-4,9,11H,5-8,10H2,1-2H3. The number of hydrogen-bond donors (Lipinski definition) is 0. The fraction of sp³-hybridized carbons (Fsp3) is 0.615. The summed E-state index contributed by atoms with van der Waals surface area (Å²) in [6.45, 7) is 10.3. The van der Waals surface area contributed by atoms with Gasteiger partial charge in [-0.2, -0.15) is 0 Å². The third kappa shape index (κ3) is 3.42. The van der Waals surface area contributed by atoms with E-state index in [0.29, 0.717) is 0 Å². The van der Waals surface area contributed by atoms with Crippen LogP contribution in [0.3, 0.4) is 0 Å². The van der Waals surface area contributed by atoms with Crippen LogP contribution in [0.4, 0.5) is 5.69 Å². The summed E-state index contributed by atoms with van der Waals surface area (Å²) in [7, 11) is 0. The molecule has 0 aliphatic carbocycles. The smallest absolute Gasteiger partial charge is 0.0592 e. The van der Waals surface area contributed by atoms with E-state index in [2.05, 4.69) is 50.6 Å². The normalized spacial score (nSPS) is 17.8. The molecule has 1 aromatic heterocycles. The molecule has 1 saturated heterocycles. The fourth-order valence-corrected chi connectivity index (χ4v) is 2.81. The topological polar surface area (TPSA) is 19.4 Å². The molecule has 0 N–H and O–H groups in total. The summed E-state index contributed by atoms with van der Waals surface area (Å²) in [5, 5.41) is 0. The van der Waals surface area contributed by atoms with E-state index in [1.807, 2.05) is 12.4 Å². The van der Waals surface area contributed by atoms with Crippen LogP contribution in [0, 0.1) is 5.92 Å². The first-order valence-electron chi connectivity index (χ1n) is 6.23. The third-order valence-corrected chi connectivity index (χ3v) is 3.70. The highest BCUT2D eigenvalue weighted by atomic mass is 79.9. The van der Waals surface area contributed by atoms with Crippen molar-refractivity contribution in [1.82, 2.24) is 9.88 Å². The van der Waals surface area contributed by atoms with Gasteiger partial charge in [0.05, 0.1) is 10.2 Å². The van der Waals surface area contributed by atoms with Gasteiger partial charge in [-0.25, -0.2) is 0 Å². The molecular weight excluding hydrogens is 278 g/mol. The zero-order valence-corrected chi connectivity index (χ0v) is 12.2. The van der Waals surface area contributed by atoms with Gasteiger partial charge in [0.15, 0.2) is 0 Å². The van der Waals surface area contributed by atoms with Crippen LogP contribution in [0.15, 0.2) is 22.9 Å². The van der Waals surface area contributed by atoms with Crippen LogP contribution < -0.4 is 4.90 Å². The summed E-state index contributed by atoms with van der Waals surface area (Å²) in [6.07, 6.45) is 3.73. The minimum atomic E-state index is 0.759. The molecular formula is C13H20BrN3. The van der Waals surface area contributed by atoms with Gasteiger partial charge in [-0.3, -0.25) is 9.88 Å². The molecule has 0 aromatic carbocycles. The summed E-state index contributed by atoms with van der Waals surface area (Å²) >= 11 is 3.57. The number of nitrogens with zero attached hydrogens (tertiary/aromatic N) is 3. The molecule has 0 radical (unpaired) electrons. The van der Waals surface area contributed by atoms with Gasteiger partial charge >= 0.3 is 0 Å². The maximum Gasteiger partial charge on any atom is 0.0592 e. The quantitative estimate of drug-likeness (QED) is 0.855. The second-order valence-corrected chi connectivity index (χ2v) is 5.86. The van der Waals surface area contributed by atoms with Gasteiger partial charge in [-0.1, -0.05) is 13.8 Å². The predicted octanol–water partition coefficient (Wildman–Crippen LogP) is 2.62. The molecule has 1 fully saturated rings. The lowest BCUT2D eigenvalue weighted by Crippen LogP contribution is -2.47. The summed E-state index contributed by atoms with van der Waals surface area (Å²) in [5.41, 5.74) is 1.27. The van der Waals surface area contributed by atoms with Gasteiger partial charge in [0.25, 0.3) is 0 Å². The second kappa shape index (κ2) is 5.83. The number of halogens is 1. The van der Waals surface area contributed by atoms with Gasteiger partial charge in [0.2, 0.25) is 0 Å². The van der Waals surface area contributed by atoms with Crippen molar-refractivity contribution >= 4 is 21.6 Å². The summed E-state index contributed by atoms with van der Waals surface area (Å²) in [6, 6.07) is 2.09. The number of rotatable bonds is 3. The molecule has 17 heavy (non-hydrogen) atoms. The summed E-state index contributed by atoms with van der Waals surface area (Å²) in [4.78, 5) is 9.10. The molecule has 2 rings (SSSR count). The SMILES string of the molecule is CC(C)CN1CCN(c2ccncc2Br)CC1. The third-order valence-electron chi connectivity index (χ3n) is 3.09. The maximum absolute atomic E-state index is 4.11. The van der Waals surface area contributed by atoms with Gasteiger partial charge in [0.1, 0.15) is 0 Å². The molecule has 1 aliphatic heterocycles. The molecule has 3 nitrogen and oxygen atoms in total. The molecule has 0 spiro atoms. The number of hydrogen-bond acceptors (Lipinski definition) is 3. The maximum atomic E-state index is 4.11. The molecule has 0 unspecified atom stereocenters. The van der Waals surface area contributed by atoms with E-state index in [1.165, 1.54) is 12.2 Å². The van der Waals surface area contributed by atoms with Crippen LogP contribution in [0.2, 0.25) is 0 Å². The Hall–Kier alpha value is -0.610. The molecule has 0 atom stereocenters. The molecule has 0 saturated carbocycles. The van der Waals surface area contributed by atoms with Crippen molar-refractivity contribution in [3.63, 3.8) is 0 Å². The number of pyridine rings is 1. The van der Waals surface area contributed by atoms with Crippen LogP contribution in [0.5, 0.6) is 0 Å². The van der Waals surface area contributed by atoms with Crippen LogP contribution >= 0.6 is 15.9 Å². The number of anilines is 1. The number of piperazine rings is 1. The zero-order chi connectivity index (χ0) is 12.3. The average Bonchev–Trinajstić information content (AvgIpc) is 2.30. The zero-order valence-electron chi connectivity index (χ0n) is 10.6. The highest BCUT2D eigenvalue weighted by Crippen LogP contribution is 2.25. The Morgan fingerprint density at radius 2 is 2.00 bits per heavy atom. The van der Waals surface area contributed by atoms with Gasteiger partial charge in [0, 0.05) is 45.1 Å². The van der Waals surface area contributed by atoms with E-state index >= 15 is 0 Å². The van der Waals surface area contributed by atoms with Crippen molar-refractivity contribution in [2.24, 2.45) is 5.92 Å². The Balaban J connectivity index is 1.93. The Kier molecular flexibility index (Phi) is 4.40. The first-order valence-corrected chi connectivity index (χ1v) is 7.03. The Morgan fingerprint density at radius 3 is 2.59 bits per heavy atom. The Bertz CT molecular complexity index is 359. The van der Waals surface area contributed by atoms with Crippen molar-refractivity contribution in [3.05, 3.63) is 22.9 Å². The van der Waals surface area contributed by atoms with Crippen LogP contribution in [0.25, 0.3) is 0 Å². The summed E-state index contributed by atoms with van der Waals surface area (Å²) < 4.78 is 1.09. The molecule has 1 aromatic rings. The fourth-order valence-electron chi connectivity index (χ4n) is 2.31. The van der Waals surface area contributed by atoms with Crippen molar-refractivity contribution in [2.45, 2.75) is 13.8 Å². The van der Waals surface area contributed by atoms with E-state index in [-0.39, 0.29) is 0 Å². The molecule has 94 valence electrons. The lowest BCUT2D eigenvalue weighted by Gasteiger charge is -2.37. The van der Waals surface area contributed by atoms with Crippen LogP contribution in [-0.2, 0) is 0 Å². The minimum absolute atomic E-state index is 0.759. The van der Waals surface area contributed by atoms with E-state index in [9.17, 15) is 0 Å². The Labute approximate surface area is 112 Å². The van der Waals surface area contributed by atoms with Gasteiger partial charge in [-0.15, -0.1) is 0 Å². The Morgan fingerprint density at radius 1 is 1.29 bits per heavy atom. The van der Waals surface area contributed by atoms with Gasteiger partial charge < -0.3 is 4.90 Å². The largest absolute Gasteiger partial charge is 0.368 e. The average molecular weight is 298 g/mol. The summed E-state index contributed by atoms with van der Waals surface area (Å²) in [5.74, 6) is 0.759. The predicted molar refractivity (Wildman–Crippen MR) is 75.4 cm³/mol. The van der Waals surface area contributed by atoms with Crippen molar-refractivity contribution in [3.8, 4) is 0 Å². The lowest BCUT2D eigenvalue weighted by atomic mass is 10.2. The minimum Gasteiger partial charge on any atom is -0.368 e. The van der Waals surface area contributed by atoms with Crippen LogP contribution in [-0.4, -0.2) is 42.6 Å². The van der Waals surface area contributed by atoms with E-state index in [0.717, 1.165) is 36.6 Å². The molecule has 0 bridgehead atoms. The molecule has 4 heteroatoms. The van der Waals surface area contributed by atoms with Crippen molar-refractivity contribution < 1.29 is 0 Å². The second-order valence-electron chi connectivity index (χ2n) is 5.01. The van der Waals surface area contributed by atoms with E-state index in [4.69, 9.17) is 0 Å². The highest BCUT2D eigenvalue weighted by Gasteiger charge is 2.18. The van der Waals surface area contributed by atoms with E-state index < -0.39 is 0 Å². The van der Waals surface area contributed by atoms with Crippen LogP contribution in [0.1, 0.15) is 13.8 Å².